The number of carboxylic acids is 1. The summed E-state index contributed by atoms with van der Waals surface area (Å²) in [6, 6.07) is -1.37. The monoisotopic (exact) mass is 203 g/mol. The number of nitrogens with one attached hydrogen (secondary N) is 1. The molecule has 0 spiro atoms. The van der Waals surface area contributed by atoms with Crippen LogP contribution in [0.25, 0.3) is 0 Å². The second kappa shape index (κ2) is 3.95. The van der Waals surface area contributed by atoms with Gasteiger partial charge in [0.1, 0.15) is 0 Å². The highest BCUT2D eigenvalue weighted by Crippen LogP contribution is 2.10. The van der Waals surface area contributed by atoms with Crippen molar-refractivity contribution in [1.82, 2.24) is 5.32 Å². The maximum Gasteiger partial charge on any atom is 0.408 e. The van der Waals surface area contributed by atoms with Crippen LogP contribution in [-0.4, -0.2) is 41.9 Å². The Morgan fingerprint density at radius 1 is 1.64 bits per heavy atom. The van der Waals surface area contributed by atoms with Gasteiger partial charge in [-0.15, -0.1) is 0 Å². The SMILES string of the molecule is CCOC(=O)[C@H]1OC(=O)N[C@@H]1C(=O)O. The van der Waals surface area contributed by atoms with Crippen molar-refractivity contribution in [2.24, 2.45) is 0 Å². The minimum atomic E-state index is -1.40. The fourth-order valence-electron chi connectivity index (χ4n) is 1.02. The van der Waals surface area contributed by atoms with Crippen LogP contribution in [0.4, 0.5) is 4.79 Å². The summed E-state index contributed by atoms with van der Waals surface area (Å²) in [6.45, 7) is 1.66. The van der Waals surface area contributed by atoms with Crippen molar-refractivity contribution in [3.05, 3.63) is 0 Å². The number of hydrogen-bond donors (Lipinski definition) is 2. The van der Waals surface area contributed by atoms with Crippen LogP contribution in [0.15, 0.2) is 0 Å². The van der Waals surface area contributed by atoms with E-state index >= 15 is 0 Å². The van der Waals surface area contributed by atoms with Crippen LogP contribution in [0.2, 0.25) is 0 Å². The molecule has 0 unspecified atom stereocenters. The van der Waals surface area contributed by atoms with Gasteiger partial charge in [0.05, 0.1) is 6.61 Å². The molecule has 2 N–H and O–H groups in total. The highest BCUT2D eigenvalue weighted by Gasteiger charge is 2.45. The van der Waals surface area contributed by atoms with E-state index in [1.54, 1.807) is 6.92 Å². The Bertz CT molecular complexity index is 275. The number of alkyl carbamates (subject to hydrolysis) is 1. The van der Waals surface area contributed by atoms with E-state index in [-0.39, 0.29) is 6.61 Å². The molecule has 7 heteroatoms. The van der Waals surface area contributed by atoms with Gasteiger partial charge in [-0.3, -0.25) is 0 Å². The van der Waals surface area contributed by atoms with Crippen molar-refractivity contribution in [1.29, 1.82) is 0 Å². The van der Waals surface area contributed by atoms with E-state index < -0.39 is 30.2 Å². The lowest BCUT2D eigenvalue weighted by Crippen LogP contribution is -2.43. The first-order valence-electron chi connectivity index (χ1n) is 3.93. The first-order chi connectivity index (χ1) is 6.56. The number of hydrogen-bond acceptors (Lipinski definition) is 5. The summed E-state index contributed by atoms with van der Waals surface area (Å²) in [5, 5.41) is 10.6. The van der Waals surface area contributed by atoms with Gasteiger partial charge in [0.2, 0.25) is 6.10 Å². The average molecular weight is 203 g/mol. The maximum absolute atomic E-state index is 11.1. The lowest BCUT2D eigenvalue weighted by atomic mass is 10.2. The number of ether oxygens (including phenoxy) is 2. The Kier molecular flexibility index (Phi) is 2.90. The van der Waals surface area contributed by atoms with Crippen LogP contribution in [0.3, 0.4) is 0 Å². The molecule has 0 aromatic carbocycles. The van der Waals surface area contributed by atoms with E-state index in [9.17, 15) is 14.4 Å². The van der Waals surface area contributed by atoms with E-state index in [4.69, 9.17) is 5.11 Å². The third kappa shape index (κ3) is 1.93. The molecule has 0 aromatic rings. The largest absolute Gasteiger partial charge is 0.480 e. The molecule has 1 aliphatic heterocycles. The van der Waals surface area contributed by atoms with Gasteiger partial charge in [0, 0.05) is 0 Å². The quantitative estimate of drug-likeness (QED) is 0.577. The van der Waals surface area contributed by atoms with E-state index in [0.29, 0.717) is 0 Å². The predicted octanol–water partition coefficient (Wildman–Crippen LogP) is -0.889. The second-order valence-corrected chi connectivity index (χ2v) is 2.54. The number of esters is 1. The number of cyclic esters (lactones) is 1. The molecule has 1 fully saturated rings. The Morgan fingerprint density at radius 3 is 2.79 bits per heavy atom. The molecular weight excluding hydrogens is 194 g/mol. The molecule has 0 saturated carbocycles. The summed E-state index contributed by atoms with van der Waals surface area (Å²) in [7, 11) is 0. The zero-order valence-corrected chi connectivity index (χ0v) is 7.35. The zero-order chi connectivity index (χ0) is 10.7. The van der Waals surface area contributed by atoms with Gasteiger partial charge < -0.3 is 19.9 Å². The minimum Gasteiger partial charge on any atom is -0.480 e. The number of carboxylic acid groups (broad SMARTS) is 1. The smallest absolute Gasteiger partial charge is 0.408 e. The number of carbonyl (C=O) groups excluding carboxylic acids is 2. The first-order valence-corrected chi connectivity index (χ1v) is 3.93. The average Bonchev–Trinajstić information content (AvgIpc) is 2.48. The Balaban J connectivity index is 2.71. The maximum atomic E-state index is 11.1. The normalized spacial score (nSPS) is 25.1. The summed E-state index contributed by atoms with van der Waals surface area (Å²) >= 11 is 0. The van der Waals surface area contributed by atoms with E-state index in [1.807, 2.05) is 5.32 Å². The number of carbonyl (C=O) groups is 3. The number of amides is 1. The molecule has 1 amide bonds. The van der Waals surface area contributed by atoms with Gasteiger partial charge >= 0.3 is 18.0 Å². The molecule has 0 radical (unpaired) electrons. The van der Waals surface area contributed by atoms with Crippen molar-refractivity contribution in [2.75, 3.05) is 6.61 Å². The van der Waals surface area contributed by atoms with Crippen molar-refractivity contribution in [3.8, 4) is 0 Å². The summed E-state index contributed by atoms with van der Waals surface area (Å²) in [5.74, 6) is -2.20. The van der Waals surface area contributed by atoms with Gasteiger partial charge in [-0.25, -0.2) is 14.4 Å². The van der Waals surface area contributed by atoms with Crippen LogP contribution in [-0.2, 0) is 19.1 Å². The van der Waals surface area contributed by atoms with Crippen molar-refractivity contribution >= 4 is 18.0 Å². The summed E-state index contributed by atoms with van der Waals surface area (Å²) in [5.41, 5.74) is 0. The third-order valence-corrected chi connectivity index (χ3v) is 1.60. The molecule has 0 aliphatic carbocycles. The molecule has 14 heavy (non-hydrogen) atoms. The standard InChI is InChI=1S/C7H9NO6/c1-2-13-6(11)4-3(5(9)10)8-7(12)14-4/h3-4H,2H2,1H3,(H,8,12)(H,9,10)/t3-,4-/m0/s1. The van der Waals surface area contributed by atoms with Crippen LogP contribution in [0.5, 0.6) is 0 Å². The summed E-state index contributed by atoms with van der Waals surface area (Å²) < 4.78 is 8.98. The van der Waals surface area contributed by atoms with E-state index in [1.165, 1.54) is 0 Å². The fourth-order valence-corrected chi connectivity index (χ4v) is 1.02. The lowest BCUT2D eigenvalue weighted by molar-refractivity contribution is -0.157. The molecule has 2 atom stereocenters. The Hall–Kier alpha value is -1.79. The second-order valence-electron chi connectivity index (χ2n) is 2.54. The molecule has 78 valence electrons. The van der Waals surface area contributed by atoms with Gasteiger partial charge in [0.25, 0.3) is 0 Å². The highest BCUT2D eigenvalue weighted by atomic mass is 16.6. The van der Waals surface area contributed by atoms with Crippen LogP contribution >= 0.6 is 0 Å². The molecule has 1 aliphatic rings. The third-order valence-electron chi connectivity index (χ3n) is 1.60. The van der Waals surface area contributed by atoms with Crippen LogP contribution in [0, 0.1) is 0 Å². The molecule has 1 rings (SSSR count). The number of aliphatic carboxylic acids is 1. The fraction of sp³-hybridized carbons (Fsp3) is 0.571. The van der Waals surface area contributed by atoms with Crippen molar-refractivity contribution in [3.63, 3.8) is 0 Å². The van der Waals surface area contributed by atoms with Gasteiger partial charge in [-0.1, -0.05) is 0 Å². The van der Waals surface area contributed by atoms with Gasteiger partial charge in [-0.2, -0.15) is 0 Å². The molecule has 1 saturated heterocycles. The van der Waals surface area contributed by atoms with E-state index in [0.717, 1.165) is 0 Å². The number of rotatable bonds is 3. The van der Waals surface area contributed by atoms with Crippen molar-refractivity contribution < 1.29 is 29.0 Å². The first kappa shape index (κ1) is 10.3. The predicted molar refractivity (Wildman–Crippen MR) is 41.5 cm³/mol. The topological polar surface area (TPSA) is 102 Å². The molecule has 1 heterocycles. The molecular formula is C7H9NO6. The Morgan fingerprint density at radius 2 is 2.29 bits per heavy atom. The Labute approximate surface area is 79.0 Å². The van der Waals surface area contributed by atoms with Crippen LogP contribution < -0.4 is 5.32 Å². The van der Waals surface area contributed by atoms with Gasteiger partial charge in [0.15, 0.2) is 6.04 Å². The highest BCUT2D eigenvalue weighted by molar-refractivity contribution is 5.92. The lowest BCUT2D eigenvalue weighted by Gasteiger charge is -2.10. The molecule has 0 bridgehead atoms. The van der Waals surface area contributed by atoms with E-state index in [2.05, 4.69) is 9.47 Å². The minimum absolute atomic E-state index is 0.0965. The summed E-state index contributed by atoms with van der Waals surface area (Å²) in [6.07, 6.45) is -2.34. The molecule has 0 aromatic heterocycles. The zero-order valence-electron chi connectivity index (χ0n) is 7.35. The van der Waals surface area contributed by atoms with Gasteiger partial charge in [-0.05, 0) is 6.92 Å². The van der Waals surface area contributed by atoms with Crippen LogP contribution in [0.1, 0.15) is 6.92 Å². The van der Waals surface area contributed by atoms with Crippen molar-refractivity contribution in [2.45, 2.75) is 19.1 Å². The molecule has 7 nitrogen and oxygen atoms in total. The summed E-state index contributed by atoms with van der Waals surface area (Å²) in [4.78, 5) is 32.3.